The van der Waals surface area contributed by atoms with Crippen LogP contribution < -0.4 is 9.80 Å². The zero-order valence-electron chi connectivity index (χ0n) is 20.3. The number of para-hydroxylation sites is 1. The van der Waals surface area contributed by atoms with Crippen molar-refractivity contribution in [1.29, 1.82) is 5.26 Å². The molecule has 0 saturated carbocycles. The highest BCUT2D eigenvalue weighted by molar-refractivity contribution is 5.89. The second-order valence-electron chi connectivity index (χ2n) is 10.5. The van der Waals surface area contributed by atoms with Gasteiger partial charge < -0.3 is 0 Å². The van der Waals surface area contributed by atoms with Gasteiger partial charge in [-0.1, -0.05) is 57.7 Å². The van der Waals surface area contributed by atoms with E-state index in [0.717, 1.165) is 42.1 Å². The molecule has 2 unspecified atom stereocenters. The van der Waals surface area contributed by atoms with Crippen molar-refractivity contribution < 1.29 is 0 Å². The highest BCUT2D eigenvalue weighted by Crippen LogP contribution is 2.60. The Labute approximate surface area is 201 Å². The second kappa shape index (κ2) is 6.93. The van der Waals surface area contributed by atoms with Crippen molar-refractivity contribution in [3.63, 3.8) is 0 Å². The minimum absolute atomic E-state index is 0.119. The normalized spacial score (nSPS) is 23.7. The molecule has 1 aliphatic carbocycles. The molecule has 5 nitrogen and oxygen atoms in total. The first-order valence-corrected chi connectivity index (χ1v) is 12.1. The van der Waals surface area contributed by atoms with Crippen LogP contribution in [0, 0.1) is 18.3 Å². The minimum atomic E-state index is -0.149. The molecule has 0 fully saturated rings. The van der Waals surface area contributed by atoms with Crippen LogP contribution in [0.15, 0.2) is 60.8 Å². The summed E-state index contributed by atoms with van der Waals surface area (Å²) >= 11 is 0. The van der Waals surface area contributed by atoms with Crippen molar-refractivity contribution in [3.8, 4) is 6.07 Å². The van der Waals surface area contributed by atoms with Crippen molar-refractivity contribution in [1.82, 2.24) is 9.97 Å². The fraction of sp³-hybridized carbons (Fsp3) is 0.345. The maximum absolute atomic E-state index is 9.59. The van der Waals surface area contributed by atoms with E-state index in [1.807, 2.05) is 0 Å². The van der Waals surface area contributed by atoms with Crippen molar-refractivity contribution >= 4 is 23.0 Å². The van der Waals surface area contributed by atoms with Crippen LogP contribution in [-0.4, -0.2) is 16.1 Å². The number of hydrogen-bond acceptors (Lipinski definition) is 5. The molecule has 2 atom stereocenters. The lowest BCUT2D eigenvalue weighted by atomic mass is 9.66. The van der Waals surface area contributed by atoms with Crippen LogP contribution in [0.2, 0.25) is 0 Å². The van der Waals surface area contributed by atoms with Gasteiger partial charge in [0.25, 0.3) is 0 Å². The van der Waals surface area contributed by atoms with Gasteiger partial charge in [-0.2, -0.15) is 5.26 Å². The van der Waals surface area contributed by atoms with Gasteiger partial charge in [0.15, 0.2) is 17.3 Å². The van der Waals surface area contributed by atoms with Crippen LogP contribution in [0.25, 0.3) is 0 Å². The Morgan fingerprint density at radius 1 is 1.09 bits per heavy atom. The van der Waals surface area contributed by atoms with Crippen LogP contribution in [0.1, 0.15) is 62.4 Å². The smallest absolute Gasteiger partial charge is 0.180 e. The molecule has 5 heteroatoms. The van der Waals surface area contributed by atoms with Gasteiger partial charge in [-0.3, -0.25) is 9.80 Å². The molecule has 0 N–H and O–H groups in total. The van der Waals surface area contributed by atoms with Gasteiger partial charge in [-0.05, 0) is 66.0 Å². The number of hydrogen-bond donors (Lipinski definition) is 0. The summed E-state index contributed by atoms with van der Waals surface area (Å²) in [7, 11) is 0. The van der Waals surface area contributed by atoms with Crippen molar-refractivity contribution in [2.45, 2.75) is 64.0 Å². The Kier molecular flexibility index (Phi) is 4.26. The minimum Gasteiger partial charge on any atom is -0.298 e. The largest absolute Gasteiger partial charge is 0.298 e. The van der Waals surface area contributed by atoms with Crippen LogP contribution in [0.3, 0.4) is 0 Å². The van der Waals surface area contributed by atoms with E-state index in [1.54, 1.807) is 6.20 Å². The number of fused-ring (bicyclic) bond motifs is 5. The van der Waals surface area contributed by atoms with Crippen LogP contribution in [-0.2, 0) is 10.8 Å². The average molecular weight is 448 g/mol. The fourth-order valence-electron chi connectivity index (χ4n) is 6.27. The predicted octanol–water partition coefficient (Wildman–Crippen LogP) is 6.56. The van der Waals surface area contributed by atoms with Gasteiger partial charge in [-0.25, -0.2) is 9.97 Å². The highest BCUT2D eigenvalue weighted by atomic mass is 15.5. The zero-order valence-corrected chi connectivity index (χ0v) is 20.3. The fourth-order valence-corrected chi connectivity index (χ4v) is 6.27. The summed E-state index contributed by atoms with van der Waals surface area (Å²) in [6.45, 7) is 13.9. The molecular weight excluding hydrogens is 418 g/mol. The number of nitriles is 1. The van der Waals surface area contributed by atoms with E-state index in [4.69, 9.17) is 16.5 Å². The van der Waals surface area contributed by atoms with E-state index in [9.17, 15) is 5.26 Å². The number of nitrogens with zero attached hydrogens (tertiary/aromatic N) is 5. The van der Waals surface area contributed by atoms with E-state index < -0.39 is 0 Å². The first-order chi connectivity index (χ1) is 16.3. The SMILES string of the molecule is C=C1C2N(c3ccccc3C)c3nc(C#N)cnc3N2c2ccc3cc2C1(CC)CCC3(C)C. The lowest BCUT2D eigenvalue weighted by molar-refractivity contribution is 0.357. The summed E-state index contributed by atoms with van der Waals surface area (Å²) in [4.78, 5) is 14.1. The summed E-state index contributed by atoms with van der Waals surface area (Å²) in [5.74, 6) is 1.50. The molecule has 3 heterocycles. The molecule has 34 heavy (non-hydrogen) atoms. The zero-order chi connectivity index (χ0) is 23.8. The van der Waals surface area contributed by atoms with Gasteiger partial charge in [0, 0.05) is 16.8 Å². The Hall–Kier alpha value is -3.65. The van der Waals surface area contributed by atoms with E-state index >= 15 is 0 Å². The van der Waals surface area contributed by atoms with Gasteiger partial charge in [0.2, 0.25) is 0 Å². The molecule has 0 spiro atoms. The number of rotatable bonds is 2. The van der Waals surface area contributed by atoms with Crippen molar-refractivity contribution in [2.75, 3.05) is 9.80 Å². The third-order valence-electron chi connectivity index (χ3n) is 8.43. The molecular formula is C29H29N5. The van der Waals surface area contributed by atoms with E-state index in [0.29, 0.717) is 5.69 Å². The number of aromatic nitrogens is 2. The highest BCUT2D eigenvalue weighted by Gasteiger charge is 2.54. The molecule has 3 aromatic rings. The van der Waals surface area contributed by atoms with Gasteiger partial charge >= 0.3 is 0 Å². The van der Waals surface area contributed by atoms with Crippen molar-refractivity contribution in [3.05, 3.63) is 83.2 Å². The molecule has 2 aromatic carbocycles. The molecule has 0 saturated heterocycles. The first kappa shape index (κ1) is 20.9. The second-order valence-corrected chi connectivity index (χ2v) is 10.5. The Balaban J connectivity index is 1.67. The molecule has 2 bridgehead atoms. The lowest BCUT2D eigenvalue weighted by Gasteiger charge is -2.49. The van der Waals surface area contributed by atoms with E-state index in [2.05, 4.69) is 86.0 Å². The Morgan fingerprint density at radius 3 is 2.59 bits per heavy atom. The van der Waals surface area contributed by atoms with E-state index in [1.165, 1.54) is 22.4 Å². The summed E-state index contributed by atoms with van der Waals surface area (Å²) in [5.41, 5.74) is 7.63. The molecule has 3 aliphatic rings. The van der Waals surface area contributed by atoms with Crippen LogP contribution in [0.4, 0.5) is 23.0 Å². The van der Waals surface area contributed by atoms with Crippen LogP contribution >= 0.6 is 0 Å². The molecule has 0 radical (unpaired) electrons. The molecule has 1 aromatic heterocycles. The summed E-state index contributed by atoms with van der Waals surface area (Å²) in [6.07, 6.45) is 4.58. The maximum atomic E-state index is 9.59. The standard InChI is InChI=1S/C29H29N5/c1-6-29-14-13-28(4,5)20-11-12-24(22(29)15-20)34-25-26(32-21(16-30)17-31-25)33(27(34)19(29)3)23-10-8-7-9-18(23)2/h7-12,15,17,27H,3,6,13-14H2,1-2,4-5H3. The quantitative estimate of drug-likeness (QED) is 0.416. The van der Waals surface area contributed by atoms with Gasteiger partial charge in [0.1, 0.15) is 12.2 Å². The van der Waals surface area contributed by atoms with Gasteiger partial charge in [-0.15, -0.1) is 0 Å². The first-order valence-electron chi connectivity index (χ1n) is 12.1. The third kappa shape index (κ3) is 2.54. The summed E-state index contributed by atoms with van der Waals surface area (Å²) in [6, 6.07) is 17.5. The van der Waals surface area contributed by atoms with E-state index in [-0.39, 0.29) is 17.0 Å². The third-order valence-corrected chi connectivity index (χ3v) is 8.43. The number of benzene rings is 2. The summed E-state index contributed by atoms with van der Waals surface area (Å²) < 4.78 is 0. The Morgan fingerprint density at radius 2 is 1.85 bits per heavy atom. The van der Waals surface area contributed by atoms with Crippen molar-refractivity contribution in [2.24, 2.45) is 0 Å². The average Bonchev–Trinajstić information content (AvgIpc) is 3.14. The molecule has 170 valence electrons. The Bertz CT molecular complexity index is 1400. The topological polar surface area (TPSA) is 56.1 Å². The maximum Gasteiger partial charge on any atom is 0.180 e. The van der Waals surface area contributed by atoms with Crippen LogP contribution in [0.5, 0.6) is 0 Å². The molecule has 2 aliphatic heterocycles. The van der Waals surface area contributed by atoms with Gasteiger partial charge in [0.05, 0.1) is 6.20 Å². The lowest BCUT2D eigenvalue weighted by Crippen LogP contribution is -2.51. The number of aryl methyl sites for hydroxylation is 1. The number of anilines is 4. The monoisotopic (exact) mass is 447 g/mol. The molecule has 0 amide bonds. The molecule has 6 rings (SSSR count). The summed E-state index contributed by atoms with van der Waals surface area (Å²) in [5, 5.41) is 9.59. The predicted molar refractivity (Wildman–Crippen MR) is 136 cm³/mol.